The number of nitrogens with two attached hydrogens (primary N) is 1. The van der Waals surface area contributed by atoms with E-state index >= 15 is 0 Å². The van der Waals surface area contributed by atoms with E-state index in [-0.39, 0.29) is 6.61 Å². The minimum atomic E-state index is -2.41. The van der Waals surface area contributed by atoms with Crippen LogP contribution >= 0.6 is 11.8 Å². The zero-order valence-corrected chi connectivity index (χ0v) is 8.18. The molecule has 0 bridgehead atoms. The zero-order chi connectivity index (χ0) is 10.6. The van der Waals surface area contributed by atoms with Crippen molar-refractivity contribution in [3.05, 3.63) is 29.8 Å². The molecule has 0 amide bonds. The average Bonchev–Trinajstić information content (AvgIpc) is 2.17. The fourth-order valence-corrected chi connectivity index (χ4v) is 1.50. The molecule has 78 valence electrons. The number of benzene rings is 1. The van der Waals surface area contributed by atoms with Crippen molar-refractivity contribution in [3.63, 3.8) is 0 Å². The second-order valence-electron chi connectivity index (χ2n) is 2.74. The van der Waals surface area contributed by atoms with E-state index in [1.165, 1.54) is 0 Å². The third kappa shape index (κ3) is 3.25. The van der Waals surface area contributed by atoms with E-state index in [2.05, 4.69) is 0 Å². The zero-order valence-electron chi connectivity index (χ0n) is 7.36. The van der Waals surface area contributed by atoms with Crippen LogP contribution in [0.4, 0.5) is 8.78 Å². The lowest BCUT2D eigenvalue weighted by molar-refractivity contribution is 0.252. The Hall–Kier alpha value is -0.650. The number of aliphatic hydroxyl groups excluding tert-OH is 1. The summed E-state index contributed by atoms with van der Waals surface area (Å²) >= 11 is 0.490. The van der Waals surface area contributed by atoms with E-state index in [4.69, 9.17) is 10.8 Å². The van der Waals surface area contributed by atoms with Crippen molar-refractivity contribution in [2.75, 3.05) is 6.61 Å². The summed E-state index contributed by atoms with van der Waals surface area (Å²) in [6.07, 6.45) is 0. The summed E-state index contributed by atoms with van der Waals surface area (Å²) in [5.74, 6) is -2.41. The topological polar surface area (TPSA) is 46.2 Å². The molecular formula is C9H11F2NOS. The maximum Gasteiger partial charge on any atom is 0.288 e. The third-order valence-corrected chi connectivity index (χ3v) is 2.45. The molecule has 0 aromatic heterocycles. The number of rotatable bonds is 4. The Morgan fingerprint density at radius 3 is 2.29 bits per heavy atom. The molecule has 0 aliphatic rings. The molecule has 0 aliphatic heterocycles. The SMILES string of the molecule is N[C@H](CO)c1ccc(SC(F)F)cc1. The Labute approximate surface area is 85.1 Å². The van der Waals surface area contributed by atoms with E-state index in [1.807, 2.05) is 0 Å². The van der Waals surface area contributed by atoms with E-state index in [1.54, 1.807) is 24.3 Å². The van der Waals surface area contributed by atoms with Crippen molar-refractivity contribution in [2.45, 2.75) is 16.7 Å². The van der Waals surface area contributed by atoms with Crippen molar-refractivity contribution >= 4 is 11.8 Å². The molecule has 0 unspecified atom stereocenters. The highest BCUT2D eigenvalue weighted by Gasteiger charge is 2.07. The van der Waals surface area contributed by atoms with Crippen LogP contribution in [0.2, 0.25) is 0 Å². The van der Waals surface area contributed by atoms with Gasteiger partial charge in [0, 0.05) is 4.90 Å². The van der Waals surface area contributed by atoms with Crippen LogP contribution in [0.5, 0.6) is 0 Å². The molecule has 1 atom stereocenters. The first-order valence-corrected chi connectivity index (χ1v) is 4.92. The first-order valence-electron chi connectivity index (χ1n) is 4.04. The van der Waals surface area contributed by atoms with Crippen molar-refractivity contribution in [3.8, 4) is 0 Å². The van der Waals surface area contributed by atoms with Gasteiger partial charge in [0.1, 0.15) is 0 Å². The summed E-state index contributed by atoms with van der Waals surface area (Å²) in [7, 11) is 0. The van der Waals surface area contributed by atoms with Gasteiger partial charge in [0.2, 0.25) is 0 Å². The van der Waals surface area contributed by atoms with Gasteiger partial charge in [-0.1, -0.05) is 23.9 Å². The van der Waals surface area contributed by atoms with Crippen molar-refractivity contribution in [1.82, 2.24) is 0 Å². The molecule has 0 radical (unpaired) electrons. The molecule has 2 nitrogen and oxygen atoms in total. The lowest BCUT2D eigenvalue weighted by atomic mass is 10.1. The van der Waals surface area contributed by atoms with Gasteiger partial charge < -0.3 is 10.8 Å². The predicted molar refractivity (Wildman–Crippen MR) is 52.3 cm³/mol. The molecule has 5 heteroatoms. The van der Waals surface area contributed by atoms with Crippen LogP contribution in [0.15, 0.2) is 29.2 Å². The van der Waals surface area contributed by atoms with Gasteiger partial charge in [0.05, 0.1) is 12.6 Å². The molecule has 0 fully saturated rings. The second-order valence-corrected chi connectivity index (χ2v) is 3.80. The molecular weight excluding hydrogens is 208 g/mol. The van der Waals surface area contributed by atoms with Crippen LogP contribution in [0, 0.1) is 0 Å². The van der Waals surface area contributed by atoms with Gasteiger partial charge in [0.15, 0.2) is 0 Å². The van der Waals surface area contributed by atoms with Gasteiger partial charge in [-0.3, -0.25) is 0 Å². The second kappa shape index (κ2) is 5.29. The average molecular weight is 219 g/mol. The Balaban J connectivity index is 2.68. The molecule has 14 heavy (non-hydrogen) atoms. The quantitative estimate of drug-likeness (QED) is 0.761. The lowest BCUT2D eigenvalue weighted by Gasteiger charge is -2.08. The molecule has 0 aliphatic carbocycles. The molecule has 1 aromatic carbocycles. The minimum absolute atomic E-state index is 0.151. The standard InChI is InChI=1S/C9H11F2NOS/c10-9(11)14-7-3-1-6(2-4-7)8(12)5-13/h1-4,8-9,13H,5,12H2/t8-/m1/s1. The summed E-state index contributed by atoms with van der Waals surface area (Å²) in [6, 6.07) is 5.99. The van der Waals surface area contributed by atoms with Gasteiger partial charge >= 0.3 is 0 Å². The van der Waals surface area contributed by atoms with Crippen LogP contribution in [0.25, 0.3) is 0 Å². The van der Waals surface area contributed by atoms with Crippen molar-refractivity contribution in [1.29, 1.82) is 0 Å². The molecule has 0 saturated heterocycles. The van der Waals surface area contributed by atoms with Gasteiger partial charge in [-0.05, 0) is 17.7 Å². The fourth-order valence-electron chi connectivity index (χ4n) is 1.00. The Morgan fingerprint density at radius 1 is 1.29 bits per heavy atom. The highest BCUT2D eigenvalue weighted by Crippen LogP contribution is 2.25. The van der Waals surface area contributed by atoms with Crippen LogP contribution < -0.4 is 5.73 Å². The maximum absolute atomic E-state index is 11.9. The lowest BCUT2D eigenvalue weighted by Crippen LogP contribution is -2.14. The monoisotopic (exact) mass is 219 g/mol. The van der Waals surface area contributed by atoms with Crippen LogP contribution in [-0.4, -0.2) is 17.5 Å². The number of hydrogen-bond donors (Lipinski definition) is 2. The number of alkyl halides is 2. The minimum Gasteiger partial charge on any atom is -0.394 e. The van der Waals surface area contributed by atoms with Gasteiger partial charge in [-0.25, -0.2) is 0 Å². The molecule has 0 heterocycles. The third-order valence-electron chi connectivity index (χ3n) is 1.73. The van der Waals surface area contributed by atoms with E-state index in [0.717, 1.165) is 5.56 Å². The molecule has 0 spiro atoms. The van der Waals surface area contributed by atoms with Crippen LogP contribution in [0.1, 0.15) is 11.6 Å². The highest BCUT2D eigenvalue weighted by molar-refractivity contribution is 7.99. The number of halogens is 2. The first kappa shape index (κ1) is 11.4. The number of thioether (sulfide) groups is 1. The van der Waals surface area contributed by atoms with E-state index in [9.17, 15) is 8.78 Å². The van der Waals surface area contributed by atoms with E-state index in [0.29, 0.717) is 16.7 Å². The highest BCUT2D eigenvalue weighted by atomic mass is 32.2. The molecule has 3 N–H and O–H groups in total. The first-order chi connectivity index (χ1) is 6.63. The van der Waals surface area contributed by atoms with Gasteiger partial charge in [0.25, 0.3) is 5.76 Å². The Morgan fingerprint density at radius 2 is 1.86 bits per heavy atom. The number of hydrogen-bond acceptors (Lipinski definition) is 3. The number of aliphatic hydroxyl groups is 1. The van der Waals surface area contributed by atoms with Crippen LogP contribution in [0.3, 0.4) is 0 Å². The molecule has 1 rings (SSSR count). The Kier molecular flexibility index (Phi) is 4.31. The maximum atomic E-state index is 11.9. The Bertz CT molecular complexity index is 279. The summed E-state index contributed by atoms with van der Waals surface area (Å²) < 4.78 is 23.9. The van der Waals surface area contributed by atoms with Crippen molar-refractivity contribution < 1.29 is 13.9 Å². The van der Waals surface area contributed by atoms with E-state index < -0.39 is 11.8 Å². The van der Waals surface area contributed by atoms with Crippen molar-refractivity contribution in [2.24, 2.45) is 5.73 Å². The normalized spacial score (nSPS) is 13.2. The fraction of sp³-hybridized carbons (Fsp3) is 0.333. The largest absolute Gasteiger partial charge is 0.394 e. The predicted octanol–water partition coefficient (Wildman–Crippen LogP) is 1.99. The van der Waals surface area contributed by atoms with Gasteiger partial charge in [-0.15, -0.1) is 0 Å². The summed E-state index contributed by atoms with van der Waals surface area (Å²) in [5, 5.41) is 8.75. The summed E-state index contributed by atoms with van der Waals surface area (Å²) in [5.41, 5.74) is 6.28. The summed E-state index contributed by atoms with van der Waals surface area (Å²) in [6.45, 7) is -0.151. The summed E-state index contributed by atoms with van der Waals surface area (Å²) in [4.78, 5) is 0.494. The molecule has 0 saturated carbocycles. The molecule has 1 aromatic rings. The van der Waals surface area contributed by atoms with Gasteiger partial charge in [-0.2, -0.15) is 8.78 Å². The smallest absolute Gasteiger partial charge is 0.288 e. The van der Waals surface area contributed by atoms with Crippen LogP contribution in [-0.2, 0) is 0 Å².